The highest BCUT2D eigenvalue weighted by Gasteiger charge is 2.34. The van der Waals surface area contributed by atoms with Crippen LogP contribution in [0.1, 0.15) is 27.2 Å². The number of ether oxygens (including phenoxy) is 1. The number of hydrazine groups is 1. The first-order valence-corrected chi connectivity index (χ1v) is 9.34. The summed E-state index contributed by atoms with van der Waals surface area (Å²) in [7, 11) is 0. The number of hydrogen-bond donors (Lipinski definition) is 1. The lowest BCUT2D eigenvalue weighted by Crippen LogP contribution is -2.35. The predicted octanol–water partition coefficient (Wildman–Crippen LogP) is 3.39. The Labute approximate surface area is 171 Å². The van der Waals surface area contributed by atoms with Crippen LogP contribution in [0.4, 0.5) is 5.69 Å². The lowest BCUT2D eigenvalue weighted by atomic mass is 10.0. The molecule has 3 aromatic rings. The van der Waals surface area contributed by atoms with Crippen LogP contribution in [0.5, 0.6) is 0 Å². The first kappa shape index (κ1) is 17.9. The maximum Gasteiger partial charge on any atom is 0.338 e. The summed E-state index contributed by atoms with van der Waals surface area (Å²) in [5, 5.41) is 1.22. The normalized spacial score (nSPS) is 16.8. The molecule has 0 saturated carbocycles. The Bertz CT molecular complexity index is 1250. The number of anilines is 1. The summed E-state index contributed by atoms with van der Waals surface area (Å²) < 4.78 is 10.8. The van der Waals surface area contributed by atoms with Crippen LogP contribution in [0.25, 0.3) is 17.4 Å². The van der Waals surface area contributed by atoms with Gasteiger partial charge in [-0.2, -0.15) is 0 Å². The molecule has 2 aromatic carbocycles. The lowest BCUT2D eigenvalue weighted by molar-refractivity contribution is -0.117. The van der Waals surface area contributed by atoms with E-state index in [1.165, 1.54) is 11.1 Å². The number of esters is 1. The van der Waals surface area contributed by atoms with Crippen LogP contribution in [-0.2, 0) is 20.9 Å². The third-order valence-electron chi connectivity index (χ3n) is 5.03. The standard InChI is InChI=1S/C23H16N2O5/c1-13-3-2-4-16(9-13)25-22(27)19(21(26)24-25)11-17-6-8-20(30-17)14-5-7-18-15(10-14)12-29-23(18)28/h2-11H,12H2,1H3,(H,24,26). The SMILES string of the molecule is Cc1cccc(N2NC(=O)C(=Cc3ccc(-c4ccc5c(c4)COC5=O)o3)C2=O)c1. The fraction of sp³-hybridized carbons (Fsp3) is 0.0870. The number of fused-ring (bicyclic) bond motifs is 1. The van der Waals surface area contributed by atoms with Gasteiger partial charge in [-0.3, -0.25) is 15.0 Å². The molecule has 0 aliphatic carbocycles. The zero-order valence-corrected chi connectivity index (χ0v) is 16.0. The Balaban J connectivity index is 1.42. The van der Waals surface area contributed by atoms with Gasteiger partial charge in [-0.1, -0.05) is 18.2 Å². The van der Waals surface area contributed by atoms with E-state index in [0.717, 1.165) is 16.7 Å². The highest BCUT2D eigenvalue weighted by Crippen LogP contribution is 2.29. The third kappa shape index (κ3) is 2.97. The summed E-state index contributed by atoms with van der Waals surface area (Å²) in [6.45, 7) is 2.15. The average Bonchev–Trinajstić information content (AvgIpc) is 3.42. The first-order chi connectivity index (χ1) is 14.5. The Hall–Kier alpha value is -4.13. The van der Waals surface area contributed by atoms with E-state index in [4.69, 9.17) is 9.15 Å². The Morgan fingerprint density at radius 3 is 2.73 bits per heavy atom. The van der Waals surface area contributed by atoms with Crippen LogP contribution in [0, 0.1) is 6.92 Å². The van der Waals surface area contributed by atoms with Crippen LogP contribution in [0.2, 0.25) is 0 Å². The number of rotatable bonds is 3. The molecule has 7 heteroatoms. The molecule has 1 N–H and O–H groups in total. The number of aryl methyl sites for hydroxylation is 1. The highest BCUT2D eigenvalue weighted by molar-refractivity contribution is 6.31. The van der Waals surface area contributed by atoms with Gasteiger partial charge in [0, 0.05) is 11.1 Å². The minimum absolute atomic E-state index is 0.00893. The van der Waals surface area contributed by atoms with Crippen LogP contribution in [0.15, 0.2) is 64.6 Å². The van der Waals surface area contributed by atoms with Crippen molar-refractivity contribution in [1.29, 1.82) is 0 Å². The monoisotopic (exact) mass is 400 g/mol. The maximum atomic E-state index is 12.8. The molecule has 1 fully saturated rings. The molecule has 0 radical (unpaired) electrons. The minimum atomic E-state index is -0.493. The summed E-state index contributed by atoms with van der Waals surface area (Å²) in [5.74, 6) is -0.331. The number of carbonyl (C=O) groups is 3. The van der Waals surface area contributed by atoms with Crippen LogP contribution in [-0.4, -0.2) is 17.8 Å². The highest BCUT2D eigenvalue weighted by atomic mass is 16.5. The van der Waals surface area contributed by atoms with Crippen molar-refractivity contribution >= 4 is 29.5 Å². The van der Waals surface area contributed by atoms with Crippen molar-refractivity contribution in [2.75, 3.05) is 5.01 Å². The predicted molar refractivity (Wildman–Crippen MR) is 108 cm³/mol. The lowest BCUT2D eigenvalue weighted by Gasteiger charge is -2.14. The van der Waals surface area contributed by atoms with Crippen molar-refractivity contribution in [2.24, 2.45) is 0 Å². The van der Waals surface area contributed by atoms with Gasteiger partial charge >= 0.3 is 5.97 Å². The fourth-order valence-corrected chi connectivity index (χ4v) is 3.52. The van der Waals surface area contributed by atoms with Crippen molar-refractivity contribution in [3.63, 3.8) is 0 Å². The van der Waals surface area contributed by atoms with Crippen LogP contribution < -0.4 is 10.4 Å². The van der Waals surface area contributed by atoms with Gasteiger partial charge in [0.25, 0.3) is 11.8 Å². The molecule has 2 aliphatic heterocycles. The summed E-state index contributed by atoms with van der Waals surface area (Å²) in [6, 6.07) is 16.0. The Morgan fingerprint density at radius 1 is 1.03 bits per heavy atom. The summed E-state index contributed by atoms with van der Waals surface area (Å²) in [5.41, 5.74) is 6.26. The van der Waals surface area contributed by atoms with E-state index in [1.807, 2.05) is 31.2 Å². The summed E-state index contributed by atoms with van der Waals surface area (Å²) >= 11 is 0. The quantitative estimate of drug-likeness (QED) is 0.414. The molecule has 0 spiro atoms. The van der Waals surface area contributed by atoms with E-state index in [0.29, 0.717) is 22.8 Å². The van der Waals surface area contributed by atoms with Crippen molar-refractivity contribution in [3.8, 4) is 11.3 Å². The molecule has 1 aromatic heterocycles. The van der Waals surface area contributed by atoms with Crippen molar-refractivity contribution < 1.29 is 23.5 Å². The summed E-state index contributed by atoms with van der Waals surface area (Å²) in [6.07, 6.45) is 1.43. The third-order valence-corrected chi connectivity index (χ3v) is 5.03. The molecule has 148 valence electrons. The summed E-state index contributed by atoms with van der Waals surface area (Å²) in [4.78, 5) is 36.7. The molecule has 2 amide bonds. The fourth-order valence-electron chi connectivity index (χ4n) is 3.52. The van der Waals surface area contributed by atoms with E-state index >= 15 is 0 Å². The second-order valence-electron chi connectivity index (χ2n) is 7.13. The molecule has 3 heterocycles. The number of amides is 2. The van der Waals surface area contributed by atoms with Gasteiger partial charge in [0.1, 0.15) is 23.7 Å². The van der Waals surface area contributed by atoms with E-state index in [2.05, 4.69) is 5.43 Å². The minimum Gasteiger partial charge on any atom is -0.457 e. The second kappa shape index (κ2) is 6.73. The molecular weight excluding hydrogens is 384 g/mol. The number of carbonyl (C=O) groups excluding carboxylic acids is 3. The largest absolute Gasteiger partial charge is 0.457 e. The number of nitrogens with zero attached hydrogens (tertiary/aromatic N) is 1. The van der Waals surface area contributed by atoms with Crippen LogP contribution >= 0.6 is 0 Å². The Morgan fingerprint density at radius 2 is 1.90 bits per heavy atom. The molecule has 0 atom stereocenters. The smallest absolute Gasteiger partial charge is 0.338 e. The molecular formula is C23H16N2O5. The van der Waals surface area contributed by atoms with Gasteiger partial charge in [0.2, 0.25) is 0 Å². The number of cyclic esters (lactones) is 1. The van der Waals surface area contributed by atoms with Gasteiger partial charge in [0.15, 0.2) is 0 Å². The molecule has 2 aliphatic rings. The zero-order valence-electron chi connectivity index (χ0n) is 16.0. The van der Waals surface area contributed by atoms with Gasteiger partial charge in [-0.15, -0.1) is 0 Å². The molecule has 1 saturated heterocycles. The molecule has 30 heavy (non-hydrogen) atoms. The first-order valence-electron chi connectivity index (χ1n) is 9.34. The van der Waals surface area contributed by atoms with E-state index in [9.17, 15) is 14.4 Å². The molecule has 0 bridgehead atoms. The molecule has 0 unspecified atom stereocenters. The van der Waals surface area contributed by atoms with E-state index in [-0.39, 0.29) is 18.1 Å². The number of benzene rings is 2. The molecule has 7 nitrogen and oxygen atoms in total. The van der Waals surface area contributed by atoms with Crippen LogP contribution in [0.3, 0.4) is 0 Å². The average molecular weight is 400 g/mol. The van der Waals surface area contributed by atoms with E-state index < -0.39 is 11.8 Å². The number of nitrogens with one attached hydrogen (secondary N) is 1. The second-order valence-corrected chi connectivity index (χ2v) is 7.13. The van der Waals surface area contributed by atoms with Crippen molar-refractivity contribution in [2.45, 2.75) is 13.5 Å². The van der Waals surface area contributed by atoms with Gasteiger partial charge in [-0.05, 0) is 55.0 Å². The maximum absolute atomic E-state index is 12.8. The topological polar surface area (TPSA) is 88.8 Å². The number of furan rings is 1. The van der Waals surface area contributed by atoms with Gasteiger partial charge in [-0.25, -0.2) is 9.80 Å². The van der Waals surface area contributed by atoms with E-state index in [1.54, 1.807) is 30.3 Å². The van der Waals surface area contributed by atoms with Gasteiger partial charge < -0.3 is 9.15 Å². The Kier molecular flexibility index (Phi) is 4.03. The van der Waals surface area contributed by atoms with Gasteiger partial charge in [0.05, 0.1) is 11.3 Å². The number of hydrogen-bond acceptors (Lipinski definition) is 5. The van der Waals surface area contributed by atoms with Crippen molar-refractivity contribution in [3.05, 3.63) is 82.6 Å². The molecule has 5 rings (SSSR count). The zero-order chi connectivity index (χ0) is 20.8. The van der Waals surface area contributed by atoms with Crippen molar-refractivity contribution in [1.82, 2.24) is 5.43 Å².